The van der Waals surface area contributed by atoms with Gasteiger partial charge < -0.3 is 29.2 Å². The van der Waals surface area contributed by atoms with Gasteiger partial charge in [0, 0.05) is 13.8 Å². The molecule has 2 aliphatic rings. The molecule has 0 spiro atoms. The number of nitrogens with zero attached hydrogens (tertiary/aromatic N) is 5. The van der Waals surface area contributed by atoms with Gasteiger partial charge in [-0.2, -0.15) is 28.6 Å². The average Bonchev–Trinajstić information content (AvgIpc) is 3.66. The van der Waals surface area contributed by atoms with E-state index in [0.717, 1.165) is 13.8 Å². The van der Waals surface area contributed by atoms with Crippen LogP contribution in [0.1, 0.15) is 45.4 Å². The second kappa shape index (κ2) is 16.7. The molecule has 2 saturated heterocycles. The second-order valence-corrected chi connectivity index (χ2v) is 14.5. The summed E-state index contributed by atoms with van der Waals surface area (Å²) < 4.78 is 88.4. The Morgan fingerprint density at radius 1 is 1.13 bits per heavy atom. The molecule has 2 fully saturated rings. The number of halogens is 3. The minimum absolute atomic E-state index is 0.0435. The van der Waals surface area contributed by atoms with E-state index in [0.29, 0.717) is 18.4 Å². The summed E-state index contributed by atoms with van der Waals surface area (Å²) in [4.78, 5) is 43.1. The number of hydrogen-bond acceptors (Lipinski definition) is 15. The van der Waals surface area contributed by atoms with Gasteiger partial charge in [-0.05, 0) is 63.0 Å². The molecule has 21 heteroatoms. The van der Waals surface area contributed by atoms with Crippen molar-refractivity contribution in [1.29, 1.82) is 5.26 Å². The zero-order chi connectivity index (χ0) is 39.3. The number of likely N-dealkylation sites (tertiary alicyclic amines) is 1. The first-order chi connectivity index (χ1) is 25.5. The van der Waals surface area contributed by atoms with Gasteiger partial charge in [-0.15, -0.1) is 0 Å². The minimum Gasteiger partial charge on any atom is -0.464 e. The first-order valence-corrected chi connectivity index (χ1v) is 18.3. The highest BCUT2D eigenvalue weighted by Gasteiger charge is 2.62. The van der Waals surface area contributed by atoms with Crippen LogP contribution in [0.2, 0.25) is 0 Å². The zero-order valence-corrected chi connectivity index (χ0v) is 30.3. The van der Waals surface area contributed by atoms with Gasteiger partial charge >= 0.3 is 31.8 Å². The fourth-order valence-electron chi connectivity index (χ4n) is 6.17. The number of nitriles is 1. The van der Waals surface area contributed by atoms with Crippen molar-refractivity contribution in [2.75, 3.05) is 38.6 Å². The fourth-order valence-corrected chi connectivity index (χ4v) is 7.69. The molecule has 6 atom stereocenters. The number of aromatic nitrogens is 3. The molecule has 17 nitrogen and oxygen atoms in total. The number of alkyl halides is 3. The number of nitrogen functional groups attached to an aromatic ring is 1. The fraction of sp³-hybridized carbons (Fsp3) is 0.515. The maximum atomic E-state index is 14.4. The van der Waals surface area contributed by atoms with Crippen LogP contribution >= 0.6 is 7.75 Å². The van der Waals surface area contributed by atoms with E-state index < -0.39 is 74.9 Å². The van der Waals surface area contributed by atoms with E-state index in [1.165, 1.54) is 40.9 Å². The molecule has 2 aromatic heterocycles. The summed E-state index contributed by atoms with van der Waals surface area (Å²) >= 11 is 0. The van der Waals surface area contributed by atoms with Gasteiger partial charge in [-0.1, -0.05) is 18.2 Å². The Labute approximate surface area is 307 Å². The third-order valence-electron chi connectivity index (χ3n) is 8.67. The van der Waals surface area contributed by atoms with Gasteiger partial charge in [-0.3, -0.25) is 23.8 Å². The number of benzene rings is 1. The molecule has 0 bridgehead atoms. The van der Waals surface area contributed by atoms with E-state index in [4.69, 9.17) is 33.7 Å². The molecule has 0 amide bonds. The van der Waals surface area contributed by atoms with Crippen molar-refractivity contribution >= 4 is 37.0 Å². The van der Waals surface area contributed by atoms with Crippen LogP contribution in [0.5, 0.6) is 5.75 Å². The smallest absolute Gasteiger partial charge is 0.459 e. The van der Waals surface area contributed by atoms with Crippen LogP contribution in [0, 0.1) is 17.2 Å². The number of rotatable bonds is 14. The van der Waals surface area contributed by atoms with Gasteiger partial charge in [0.05, 0.1) is 18.8 Å². The quantitative estimate of drug-likeness (QED) is 0.136. The number of carbonyl (C=O) groups is 3. The molecule has 0 radical (unpaired) electrons. The van der Waals surface area contributed by atoms with Gasteiger partial charge in [0.1, 0.15) is 42.4 Å². The Morgan fingerprint density at radius 2 is 1.81 bits per heavy atom. The SMILES string of the molecule is CC(=O)O[C@H]1[C@H](c2ccc3c(N)ncnn23)O[C@](C#N)(CO[P@@](=O)(N[C@@H](C)C(=O)OCC2CCN(CC(F)(F)F)CC2)Oc2ccccc2)[C@H]1OC(C)=O. The number of carbonyl (C=O) groups excluding carboxylic acids is 3. The van der Waals surface area contributed by atoms with Crippen molar-refractivity contribution in [2.24, 2.45) is 5.92 Å². The van der Waals surface area contributed by atoms with Gasteiger partial charge in [0.25, 0.3) is 0 Å². The highest BCUT2D eigenvalue weighted by Crippen LogP contribution is 2.50. The van der Waals surface area contributed by atoms with Crippen molar-refractivity contribution in [3.63, 3.8) is 0 Å². The number of fused-ring (bicyclic) bond motifs is 1. The zero-order valence-electron chi connectivity index (χ0n) is 29.4. The predicted octanol–water partition coefficient (Wildman–Crippen LogP) is 3.51. The number of ether oxygens (including phenoxy) is 4. The molecule has 0 unspecified atom stereocenters. The van der Waals surface area contributed by atoms with Gasteiger partial charge in [0.15, 0.2) is 18.0 Å². The van der Waals surface area contributed by atoms with E-state index in [1.807, 2.05) is 6.07 Å². The molecule has 3 aromatic rings. The number of nitrogens with one attached hydrogen (secondary N) is 1. The predicted molar refractivity (Wildman–Crippen MR) is 180 cm³/mol. The van der Waals surface area contributed by atoms with Crippen molar-refractivity contribution in [3.05, 3.63) is 54.5 Å². The normalized spacial score (nSPS) is 23.9. The van der Waals surface area contributed by atoms with Gasteiger partial charge in [0.2, 0.25) is 5.60 Å². The molecular formula is C33H39F3N7O10P. The molecule has 292 valence electrons. The third kappa shape index (κ3) is 9.84. The Bertz CT molecular complexity index is 1900. The maximum Gasteiger partial charge on any atom is 0.459 e. The number of hydrogen-bond donors (Lipinski definition) is 2. The number of esters is 3. The van der Waals surface area contributed by atoms with Crippen molar-refractivity contribution < 1.29 is 60.1 Å². The molecule has 0 aliphatic carbocycles. The average molecular weight is 782 g/mol. The molecule has 3 N–H and O–H groups in total. The first-order valence-electron chi connectivity index (χ1n) is 16.8. The molecular weight excluding hydrogens is 742 g/mol. The minimum atomic E-state index is -4.66. The van der Waals surface area contributed by atoms with E-state index in [9.17, 15) is 37.4 Å². The summed E-state index contributed by atoms with van der Waals surface area (Å²) in [6.07, 6.45) is -6.84. The van der Waals surface area contributed by atoms with Crippen LogP contribution < -0.4 is 15.3 Å². The third-order valence-corrected chi connectivity index (χ3v) is 10.3. The standard InChI is InChI=1S/C33H39F3N7O10P/c1-20(31(46)48-15-23-11-13-42(14-12-23)17-33(34,35)36)41-54(47,53-24-7-5-4-6-8-24)49-18-32(16-37)29(51-22(3)45)28(50-21(2)44)27(52-32)25-9-10-26-30(38)39-19-40-43(25)26/h4-10,19-20,23,27-29H,11-15,17-18H2,1-3H3,(H,41,47)(H2,38,39,40)/t20-,27-,28-,29-,32+,54-/m0/s1. The number of piperidine rings is 1. The van der Waals surface area contributed by atoms with Crippen LogP contribution in [0.4, 0.5) is 19.0 Å². The Balaban J connectivity index is 1.37. The molecule has 5 rings (SSSR count). The molecule has 1 aromatic carbocycles. The lowest BCUT2D eigenvalue weighted by Crippen LogP contribution is -2.49. The molecule has 4 heterocycles. The maximum absolute atomic E-state index is 14.4. The van der Waals surface area contributed by atoms with Crippen molar-refractivity contribution in [1.82, 2.24) is 24.6 Å². The van der Waals surface area contributed by atoms with Crippen LogP contribution in [0.3, 0.4) is 0 Å². The molecule has 2 aliphatic heterocycles. The van der Waals surface area contributed by atoms with Crippen molar-refractivity contribution in [2.45, 2.75) is 69.7 Å². The van der Waals surface area contributed by atoms with Crippen LogP contribution in [-0.2, 0) is 42.4 Å². The van der Waals surface area contributed by atoms with E-state index in [1.54, 1.807) is 24.3 Å². The van der Waals surface area contributed by atoms with E-state index in [2.05, 4.69) is 15.2 Å². The molecule has 54 heavy (non-hydrogen) atoms. The number of nitrogens with two attached hydrogens (primary N) is 1. The number of anilines is 1. The summed E-state index contributed by atoms with van der Waals surface area (Å²) in [5.74, 6) is -2.60. The monoisotopic (exact) mass is 781 g/mol. The van der Waals surface area contributed by atoms with Gasteiger partial charge in [-0.25, -0.2) is 14.1 Å². The summed E-state index contributed by atoms with van der Waals surface area (Å²) in [6.45, 7) is 1.82. The Morgan fingerprint density at radius 3 is 2.44 bits per heavy atom. The van der Waals surface area contributed by atoms with E-state index >= 15 is 0 Å². The van der Waals surface area contributed by atoms with Crippen molar-refractivity contribution in [3.8, 4) is 11.8 Å². The van der Waals surface area contributed by atoms with Crippen LogP contribution in [0.15, 0.2) is 48.8 Å². The lowest BCUT2D eigenvalue weighted by molar-refractivity contribution is -0.166. The highest BCUT2D eigenvalue weighted by atomic mass is 31.2. The number of para-hydroxylation sites is 1. The topological polar surface area (TPSA) is 219 Å². The van der Waals surface area contributed by atoms with Crippen LogP contribution in [0.25, 0.3) is 5.52 Å². The molecule has 0 saturated carbocycles. The Hall–Kier alpha value is -4.80. The summed E-state index contributed by atoms with van der Waals surface area (Å²) in [5.41, 5.74) is 4.27. The lowest BCUT2D eigenvalue weighted by Gasteiger charge is -2.32. The summed E-state index contributed by atoms with van der Waals surface area (Å²) in [5, 5.41) is 17.3. The lowest BCUT2D eigenvalue weighted by atomic mass is 9.95. The van der Waals surface area contributed by atoms with Crippen LogP contribution in [-0.4, -0.2) is 100 Å². The van der Waals surface area contributed by atoms with E-state index in [-0.39, 0.29) is 42.9 Å². The largest absolute Gasteiger partial charge is 0.464 e. The summed E-state index contributed by atoms with van der Waals surface area (Å²) in [7, 11) is -4.66. The second-order valence-electron chi connectivity index (χ2n) is 12.8. The Kier molecular flexibility index (Phi) is 12.5. The summed E-state index contributed by atoms with van der Waals surface area (Å²) in [6, 6.07) is 11.4. The first kappa shape index (κ1) is 40.4. The highest BCUT2D eigenvalue weighted by molar-refractivity contribution is 7.52.